The number of aryl methyl sites for hydroxylation is 3. The molecule has 0 aromatic carbocycles. The second-order valence-electron chi connectivity index (χ2n) is 4.72. The first-order valence-electron chi connectivity index (χ1n) is 9.97. The molecule has 0 radical (unpaired) electrons. The summed E-state index contributed by atoms with van der Waals surface area (Å²) in [7, 11) is 0. The third kappa shape index (κ3) is 21.2. The van der Waals surface area contributed by atoms with Crippen LogP contribution in [0.2, 0.25) is 10.2 Å². The Labute approximate surface area is 201 Å². The summed E-state index contributed by atoms with van der Waals surface area (Å²) in [5.74, 6) is 0. The first kappa shape index (κ1) is 33.1. The summed E-state index contributed by atoms with van der Waals surface area (Å²) in [6, 6.07) is 7.64. The van der Waals surface area contributed by atoms with Crippen LogP contribution < -0.4 is 0 Å². The molecule has 0 fully saturated rings. The summed E-state index contributed by atoms with van der Waals surface area (Å²) in [6.45, 7) is 17.8. The molecule has 30 heavy (non-hydrogen) atoms. The summed E-state index contributed by atoms with van der Waals surface area (Å²) in [4.78, 5) is 15.6. The topological polar surface area (TPSA) is 51.6 Å². The van der Waals surface area contributed by atoms with Crippen LogP contribution in [0.15, 0.2) is 53.5 Å². The smallest absolute Gasteiger partial charge is 0.147 e. The lowest BCUT2D eigenvalue weighted by Crippen LogP contribution is -1.80. The van der Waals surface area contributed by atoms with Gasteiger partial charge in [0.25, 0.3) is 0 Å². The number of hydrogen-bond acceptors (Lipinski definition) is 4. The zero-order valence-corrected chi connectivity index (χ0v) is 22.6. The number of halogens is 3. The van der Waals surface area contributed by atoms with E-state index in [4.69, 9.17) is 23.2 Å². The van der Waals surface area contributed by atoms with E-state index >= 15 is 0 Å². The van der Waals surface area contributed by atoms with Crippen LogP contribution in [0.3, 0.4) is 0 Å². The van der Waals surface area contributed by atoms with E-state index in [-0.39, 0.29) is 0 Å². The Kier molecular flexibility index (Phi) is 26.2. The van der Waals surface area contributed by atoms with E-state index in [0.717, 1.165) is 21.6 Å². The van der Waals surface area contributed by atoms with Gasteiger partial charge in [-0.3, -0.25) is 15.0 Å². The summed E-state index contributed by atoms with van der Waals surface area (Å²) >= 11 is 14.3. The highest BCUT2D eigenvalue weighted by molar-refractivity contribution is 9.10. The average molecular weight is 518 g/mol. The number of rotatable bonds is 0. The van der Waals surface area contributed by atoms with E-state index in [2.05, 4.69) is 35.9 Å². The maximum atomic E-state index is 5.55. The lowest BCUT2D eigenvalue weighted by atomic mass is 10.4. The van der Waals surface area contributed by atoms with E-state index in [1.54, 1.807) is 18.6 Å². The Hall–Kier alpha value is -1.56. The van der Waals surface area contributed by atoms with Crippen molar-refractivity contribution in [1.82, 2.24) is 19.9 Å². The second-order valence-corrected chi connectivity index (χ2v) is 6.46. The highest BCUT2D eigenvalue weighted by Crippen LogP contribution is 2.06. The van der Waals surface area contributed by atoms with Crippen molar-refractivity contribution < 1.29 is 0 Å². The molecule has 0 aliphatic heterocycles. The van der Waals surface area contributed by atoms with Gasteiger partial charge in [0.15, 0.2) is 0 Å². The SMILES string of the molecule is CC.CC.CC.Cc1ccc(Br)cn1.Cc1ccc(Cl)cn1.Cc1cnc(Cl)cn1. The van der Waals surface area contributed by atoms with Crippen LogP contribution in [-0.2, 0) is 0 Å². The normalized spacial score (nSPS) is 8.00. The summed E-state index contributed by atoms with van der Waals surface area (Å²) in [5.41, 5.74) is 2.93. The average Bonchev–Trinajstić information content (AvgIpc) is 2.79. The van der Waals surface area contributed by atoms with Gasteiger partial charge in [-0.15, -0.1) is 0 Å². The Balaban J connectivity index is -0.000000323. The molecule has 0 saturated carbocycles. The first-order valence-corrected chi connectivity index (χ1v) is 11.5. The van der Waals surface area contributed by atoms with Gasteiger partial charge in [-0.2, -0.15) is 0 Å². The van der Waals surface area contributed by atoms with Crippen LogP contribution in [0.5, 0.6) is 0 Å². The lowest BCUT2D eigenvalue weighted by molar-refractivity contribution is 1.12. The van der Waals surface area contributed by atoms with Crippen LogP contribution in [0.4, 0.5) is 0 Å². The highest BCUT2D eigenvalue weighted by Gasteiger charge is 1.85. The standard InChI is InChI=1S/C6H6BrN.C6H6ClN.C5H5ClN2.3C2H6/c2*1-5-2-3-6(7)4-8-5;1-4-2-8-5(6)3-7-4;3*1-2/h2*2-4H,1H3;2-3H,1H3;3*1-2H3. The van der Waals surface area contributed by atoms with Gasteiger partial charge in [0.2, 0.25) is 0 Å². The van der Waals surface area contributed by atoms with Gasteiger partial charge in [0.05, 0.1) is 16.9 Å². The van der Waals surface area contributed by atoms with Crippen molar-refractivity contribution in [2.75, 3.05) is 0 Å². The van der Waals surface area contributed by atoms with E-state index < -0.39 is 0 Å². The van der Waals surface area contributed by atoms with Crippen LogP contribution in [0.25, 0.3) is 0 Å². The molecule has 0 amide bonds. The summed E-state index contributed by atoms with van der Waals surface area (Å²) in [6.07, 6.45) is 6.57. The van der Waals surface area contributed by atoms with E-state index in [0.29, 0.717) is 10.2 Å². The van der Waals surface area contributed by atoms with Gasteiger partial charge >= 0.3 is 0 Å². The molecule has 3 rings (SSSR count). The lowest BCUT2D eigenvalue weighted by Gasteiger charge is -1.87. The van der Waals surface area contributed by atoms with Crippen molar-refractivity contribution in [2.45, 2.75) is 62.3 Å². The molecule has 0 spiro atoms. The van der Waals surface area contributed by atoms with Gasteiger partial charge in [-0.25, -0.2) is 4.98 Å². The maximum Gasteiger partial charge on any atom is 0.147 e. The molecule has 0 unspecified atom stereocenters. The molecule has 3 aromatic heterocycles. The van der Waals surface area contributed by atoms with Crippen molar-refractivity contribution in [3.05, 3.63) is 80.8 Å². The summed E-state index contributed by atoms with van der Waals surface area (Å²) in [5, 5.41) is 1.13. The van der Waals surface area contributed by atoms with Crippen LogP contribution in [-0.4, -0.2) is 19.9 Å². The van der Waals surface area contributed by atoms with Crippen molar-refractivity contribution in [1.29, 1.82) is 0 Å². The Morgan fingerprint density at radius 2 is 1.03 bits per heavy atom. The molecule has 3 heterocycles. The number of pyridine rings is 2. The van der Waals surface area contributed by atoms with Crippen LogP contribution in [0.1, 0.15) is 58.6 Å². The number of hydrogen-bond donors (Lipinski definition) is 0. The predicted molar refractivity (Wildman–Crippen MR) is 136 cm³/mol. The molecule has 168 valence electrons. The molecule has 0 bridgehead atoms. The third-order valence-corrected chi connectivity index (χ3v) is 3.39. The second kappa shape index (κ2) is 23.7. The highest BCUT2D eigenvalue weighted by atomic mass is 79.9. The van der Waals surface area contributed by atoms with Gasteiger partial charge in [-0.05, 0) is 61.0 Å². The van der Waals surface area contributed by atoms with Crippen LogP contribution in [0, 0.1) is 20.8 Å². The molecule has 0 saturated heterocycles. The van der Waals surface area contributed by atoms with Gasteiger partial charge in [-0.1, -0.05) is 64.7 Å². The fraction of sp³-hybridized carbons (Fsp3) is 0.391. The van der Waals surface area contributed by atoms with Crippen LogP contribution >= 0.6 is 39.1 Å². The maximum absolute atomic E-state index is 5.55. The van der Waals surface area contributed by atoms with E-state index in [1.165, 1.54) is 6.20 Å². The minimum Gasteiger partial charge on any atom is -0.260 e. The molecule has 7 heteroatoms. The number of aromatic nitrogens is 4. The fourth-order valence-corrected chi connectivity index (χ4v) is 1.72. The molecule has 4 nitrogen and oxygen atoms in total. The molecule has 3 aromatic rings. The van der Waals surface area contributed by atoms with Crippen molar-refractivity contribution in [2.24, 2.45) is 0 Å². The third-order valence-electron chi connectivity index (χ3n) is 2.50. The molecular weight excluding hydrogens is 483 g/mol. The number of nitrogens with zero attached hydrogens (tertiary/aromatic N) is 4. The van der Waals surface area contributed by atoms with Crippen molar-refractivity contribution in [3.8, 4) is 0 Å². The fourth-order valence-electron chi connectivity index (χ4n) is 1.28. The van der Waals surface area contributed by atoms with E-state index in [9.17, 15) is 0 Å². The first-order chi connectivity index (χ1) is 14.4. The molecule has 0 aliphatic carbocycles. The van der Waals surface area contributed by atoms with Crippen molar-refractivity contribution in [3.63, 3.8) is 0 Å². The molecular formula is C23H35BrCl2N4. The minimum absolute atomic E-state index is 0.440. The zero-order valence-electron chi connectivity index (χ0n) is 19.5. The minimum atomic E-state index is 0.440. The Morgan fingerprint density at radius 3 is 1.30 bits per heavy atom. The Bertz CT molecular complexity index is 553. The quantitative estimate of drug-likeness (QED) is 0.299. The summed E-state index contributed by atoms with van der Waals surface area (Å²) < 4.78 is 1.03. The zero-order chi connectivity index (χ0) is 23.9. The van der Waals surface area contributed by atoms with Gasteiger partial charge < -0.3 is 0 Å². The van der Waals surface area contributed by atoms with Gasteiger partial charge in [0, 0.05) is 34.5 Å². The molecule has 0 atom stereocenters. The predicted octanol–water partition coefficient (Wildman–Crippen LogP) is 8.71. The largest absolute Gasteiger partial charge is 0.260 e. The van der Waals surface area contributed by atoms with E-state index in [1.807, 2.05) is 86.6 Å². The Morgan fingerprint density at radius 1 is 0.567 bits per heavy atom. The van der Waals surface area contributed by atoms with Crippen molar-refractivity contribution >= 4 is 39.1 Å². The van der Waals surface area contributed by atoms with Gasteiger partial charge in [0.1, 0.15) is 5.15 Å². The molecule has 0 N–H and O–H groups in total. The monoisotopic (exact) mass is 516 g/mol. The molecule has 0 aliphatic rings.